The second kappa shape index (κ2) is 24.6. The average molecular weight is 534 g/mol. The van der Waals surface area contributed by atoms with Crippen LogP contribution in [0, 0.1) is 0 Å². The number of carboxylic acids is 3. The lowest BCUT2D eigenvalue weighted by Crippen LogP contribution is -2.58. The third kappa shape index (κ3) is 30.4. The molecular formula is C28H59N3O6. The molecule has 0 aliphatic heterocycles. The second-order valence-electron chi connectivity index (χ2n) is 11.1. The van der Waals surface area contributed by atoms with Crippen LogP contribution in [0.1, 0.15) is 117 Å². The summed E-state index contributed by atoms with van der Waals surface area (Å²) < 4.78 is 0.419. The first-order valence-corrected chi connectivity index (χ1v) is 14.1. The number of carbonyl (C=O) groups is 3. The lowest BCUT2D eigenvalue weighted by Gasteiger charge is -2.31. The molecule has 0 aromatic heterocycles. The molecule has 0 aromatic rings. The normalized spacial score (nSPS) is 12.6. The zero-order chi connectivity index (χ0) is 29.3. The summed E-state index contributed by atoms with van der Waals surface area (Å²) in [5.41, 5.74) is 4.42. The molecule has 1 atom stereocenters. The van der Waals surface area contributed by atoms with Gasteiger partial charge < -0.3 is 30.3 Å². The van der Waals surface area contributed by atoms with Crippen LogP contribution in [0.4, 0.5) is 0 Å². The molecule has 0 amide bonds. The third-order valence-electron chi connectivity index (χ3n) is 5.90. The molecule has 0 rings (SSSR count). The average Bonchev–Trinajstić information content (AvgIpc) is 2.75. The highest BCUT2D eigenvalue weighted by Gasteiger charge is 2.35. The van der Waals surface area contributed by atoms with Crippen molar-refractivity contribution in [2.45, 2.75) is 122 Å². The van der Waals surface area contributed by atoms with Gasteiger partial charge >= 0.3 is 11.9 Å². The Morgan fingerprint density at radius 2 is 1.14 bits per heavy atom. The van der Waals surface area contributed by atoms with Crippen molar-refractivity contribution in [3.8, 4) is 0 Å². The highest BCUT2D eigenvalue weighted by atomic mass is 16.4. The van der Waals surface area contributed by atoms with Gasteiger partial charge in [-0.1, -0.05) is 97.3 Å². The van der Waals surface area contributed by atoms with Gasteiger partial charge in [0, 0.05) is 6.42 Å². The number of unbranched alkanes of at least 4 members (excludes halogenated alkanes) is 12. The Bertz CT molecular complexity index is 579. The number of hydrogen-bond acceptors (Lipinski definition) is 6. The van der Waals surface area contributed by atoms with E-state index in [1.165, 1.54) is 75.5 Å². The molecular weight excluding hydrogens is 474 g/mol. The van der Waals surface area contributed by atoms with Crippen molar-refractivity contribution in [2.24, 2.45) is 5.73 Å². The van der Waals surface area contributed by atoms with Crippen molar-refractivity contribution in [1.82, 2.24) is 4.90 Å². The van der Waals surface area contributed by atoms with E-state index < -0.39 is 23.6 Å². The molecule has 4 N–H and O–H groups in total. The third-order valence-corrected chi connectivity index (χ3v) is 5.90. The fourth-order valence-electron chi connectivity index (χ4n) is 3.58. The van der Waals surface area contributed by atoms with Crippen LogP contribution in [0.2, 0.25) is 0 Å². The first kappa shape index (κ1) is 39.8. The van der Waals surface area contributed by atoms with Gasteiger partial charge in [-0.25, -0.2) is 4.79 Å². The molecule has 1 unspecified atom stereocenters. The number of carboxylic acid groups (broad SMARTS) is 3. The van der Waals surface area contributed by atoms with Gasteiger partial charge in [-0.2, -0.15) is 0 Å². The molecule has 0 aliphatic carbocycles. The fourth-order valence-corrected chi connectivity index (χ4v) is 3.58. The van der Waals surface area contributed by atoms with E-state index in [9.17, 15) is 19.5 Å². The lowest BCUT2D eigenvalue weighted by atomic mass is 10.0. The van der Waals surface area contributed by atoms with Crippen LogP contribution in [0.5, 0.6) is 0 Å². The number of rotatable bonds is 20. The molecule has 9 nitrogen and oxygen atoms in total. The number of aliphatic carboxylic acids is 3. The van der Waals surface area contributed by atoms with E-state index >= 15 is 0 Å². The van der Waals surface area contributed by atoms with E-state index in [-0.39, 0.29) is 6.54 Å². The van der Waals surface area contributed by atoms with E-state index in [0.29, 0.717) is 17.3 Å². The maximum Gasteiger partial charge on any atom is 0.338 e. The minimum absolute atomic E-state index is 0.0694. The highest BCUT2D eigenvalue weighted by Crippen LogP contribution is 2.13. The van der Waals surface area contributed by atoms with Crippen molar-refractivity contribution in [2.75, 3.05) is 41.8 Å². The number of carbonyl (C=O) groups excluding carboxylic acids is 1. The summed E-state index contributed by atoms with van der Waals surface area (Å²) in [5.74, 6) is -2.63. The zero-order valence-corrected chi connectivity index (χ0v) is 25.0. The first-order valence-electron chi connectivity index (χ1n) is 14.1. The molecule has 0 bridgehead atoms. The van der Waals surface area contributed by atoms with Crippen molar-refractivity contribution in [3.63, 3.8) is 0 Å². The van der Waals surface area contributed by atoms with Crippen molar-refractivity contribution >= 4 is 17.9 Å². The highest BCUT2D eigenvalue weighted by molar-refractivity contribution is 5.77. The summed E-state index contributed by atoms with van der Waals surface area (Å²) in [6.07, 6.45) is 18.5. The van der Waals surface area contributed by atoms with Crippen LogP contribution in [0.3, 0.4) is 0 Å². The van der Waals surface area contributed by atoms with Gasteiger partial charge in [0.1, 0.15) is 6.54 Å². The molecule has 0 spiro atoms. The van der Waals surface area contributed by atoms with Gasteiger partial charge in [0.05, 0.1) is 27.1 Å². The summed E-state index contributed by atoms with van der Waals surface area (Å²) in [4.78, 5) is 32.4. The van der Waals surface area contributed by atoms with Gasteiger partial charge in [-0.05, 0) is 26.9 Å². The quantitative estimate of drug-likeness (QED) is 0.121. The molecule has 0 saturated heterocycles. The van der Waals surface area contributed by atoms with Crippen molar-refractivity contribution in [1.29, 1.82) is 0 Å². The molecule has 0 aliphatic rings. The smallest absolute Gasteiger partial charge is 0.338 e. The second-order valence-corrected chi connectivity index (χ2v) is 11.1. The fraction of sp³-hybridized carbons (Fsp3) is 0.893. The SMILES string of the molecule is CCCC(N)(C(=O)O)N(C)C.CCCCCCCCCCCCCCCC(=O)O.C[N+](C)(C)CC(=O)[O-]. The number of quaternary nitrogens is 1. The summed E-state index contributed by atoms with van der Waals surface area (Å²) in [6.45, 7) is 4.24. The predicted octanol–water partition coefficient (Wildman–Crippen LogP) is 4.08. The van der Waals surface area contributed by atoms with E-state index in [4.69, 9.17) is 15.9 Å². The first-order chi connectivity index (χ1) is 17.1. The van der Waals surface area contributed by atoms with Gasteiger partial charge in [-0.3, -0.25) is 9.69 Å². The number of nitrogens with zero attached hydrogens (tertiary/aromatic N) is 2. The van der Waals surface area contributed by atoms with Crippen LogP contribution in [0.25, 0.3) is 0 Å². The van der Waals surface area contributed by atoms with Gasteiger partial charge in [-0.15, -0.1) is 0 Å². The van der Waals surface area contributed by atoms with Crippen molar-refractivity contribution < 1.29 is 34.2 Å². The van der Waals surface area contributed by atoms with Crippen LogP contribution in [0.15, 0.2) is 0 Å². The maximum absolute atomic E-state index is 10.7. The Morgan fingerprint density at radius 3 is 1.32 bits per heavy atom. The van der Waals surface area contributed by atoms with Crippen LogP contribution in [-0.4, -0.2) is 84.9 Å². The molecule has 0 aromatic carbocycles. The number of likely N-dealkylation sites (N-methyl/N-ethyl adjacent to an activating group) is 2. The van der Waals surface area contributed by atoms with Gasteiger partial charge in [0.15, 0.2) is 5.66 Å². The summed E-state index contributed by atoms with van der Waals surface area (Å²) in [7, 11) is 8.75. The monoisotopic (exact) mass is 533 g/mol. The predicted molar refractivity (Wildman–Crippen MR) is 149 cm³/mol. The largest absolute Gasteiger partial charge is 0.544 e. The van der Waals surface area contributed by atoms with Crippen LogP contribution in [-0.2, 0) is 14.4 Å². The van der Waals surface area contributed by atoms with Crippen LogP contribution >= 0.6 is 0 Å². The Balaban J connectivity index is -0.000000517. The molecule has 37 heavy (non-hydrogen) atoms. The van der Waals surface area contributed by atoms with E-state index in [2.05, 4.69) is 6.92 Å². The molecule has 9 heteroatoms. The number of hydrogen-bond donors (Lipinski definition) is 3. The van der Waals surface area contributed by atoms with E-state index in [1.807, 2.05) is 6.92 Å². The van der Waals surface area contributed by atoms with Gasteiger partial charge in [0.25, 0.3) is 0 Å². The Hall–Kier alpha value is -1.71. The lowest BCUT2D eigenvalue weighted by molar-refractivity contribution is -0.864. The molecule has 222 valence electrons. The molecule has 0 fully saturated rings. The molecule has 0 heterocycles. The maximum atomic E-state index is 10.7. The minimum Gasteiger partial charge on any atom is -0.544 e. The molecule has 0 saturated carbocycles. The Morgan fingerprint density at radius 1 is 0.757 bits per heavy atom. The topological polar surface area (TPSA) is 144 Å². The van der Waals surface area contributed by atoms with Crippen molar-refractivity contribution in [3.05, 3.63) is 0 Å². The summed E-state index contributed by atoms with van der Waals surface area (Å²) >= 11 is 0. The van der Waals surface area contributed by atoms with E-state index in [0.717, 1.165) is 19.3 Å². The van der Waals surface area contributed by atoms with Gasteiger partial charge in [0.2, 0.25) is 0 Å². The summed E-state index contributed by atoms with van der Waals surface area (Å²) in [5, 5.41) is 27.1. The molecule has 0 radical (unpaired) electrons. The Kier molecular flexibility index (Phi) is 26.5. The Labute approximate surface area is 227 Å². The standard InChI is InChI=1S/C16H32O2.C7H16N2O2.C5H11NO2/c1-2-3-4-5-6-7-8-9-10-11-12-13-14-15-16(17)18;1-4-5-7(8,6(10)11)9(2)3;1-6(2,3)4-5(7)8/h2-15H2,1H3,(H,17,18);4-5,8H2,1-3H3,(H,10,11);4H2,1-3H3. The van der Waals surface area contributed by atoms with Crippen LogP contribution < -0.4 is 10.8 Å². The summed E-state index contributed by atoms with van der Waals surface area (Å²) in [6, 6.07) is 0. The number of nitrogens with two attached hydrogens (primary N) is 1. The minimum atomic E-state index is -1.20. The zero-order valence-electron chi connectivity index (χ0n) is 25.0. The van der Waals surface area contributed by atoms with E-state index in [1.54, 1.807) is 35.2 Å².